The van der Waals surface area contributed by atoms with Crippen LogP contribution in [0.5, 0.6) is 0 Å². The zero-order valence-corrected chi connectivity index (χ0v) is 10.8. The number of rotatable bonds is 4. The molecule has 1 rings (SSSR count). The van der Waals surface area contributed by atoms with Crippen molar-refractivity contribution in [3.05, 3.63) is 29.3 Å². The summed E-state index contributed by atoms with van der Waals surface area (Å²) < 4.78 is 0. The highest BCUT2D eigenvalue weighted by Crippen LogP contribution is 2.20. The third-order valence-corrected chi connectivity index (χ3v) is 2.80. The molecule has 1 aromatic carbocycles. The van der Waals surface area contributed by atoms with E-state index in [2.05, 4.69) is 0 Å². The summed E-state index contributed by atoms with van der Waals surface area (Å²) in [5.74, 6) is -1.48. The van der Waals surface area contributed by atoms with E-state index >= 15 is 0 Å². The molecule has 0 fully saturated rings. The number of hydrogen-bond acceptors (Lipinski definition) is 3. The van der Waals surface area contributed by atoms with E-state index in [1.54, 1.807) is 7.05 Å². The fourth-order valence-corrected chi connectivity index (χ4v) is 1.73. The molecule has 5 nitrogen and oxygen atoms in total. The van der Waals surface area contributed by atoms with Crippen LogP contribution in [0.25, 0.3) is 0 Å². The van der Waals surface area contributed by atoms with Gasteiger partial charge in [0.15, 0.2) is 0 Å². The van der Waals surface area contributed by atoms with E-state index in [0.717, 1.165) is 16.8 Å². The molecular formula is C13H18N2O3. The molecule has 1 amide bonds. The lowest BCUT2D eigenvalue weighted by molar-refractivity contribution is -0.140. The van der Waals surface area contributed by atoms with Gasteiger partial charge in [0.1, 0.15) is 6.04 Å². The highest BCUT2D eigenvalue weighted by Gasteiger charge is 2.20. The minimum atomic E-state index is -1.17. The van der Waals surface area contributed by atoms with Gasteiger partial charge in [-0.05, 0) is 25.5 Å². The number of carboxylic acids is 1. The maximum absolute atomic E-state index is 11.9. The van der Waals surface area contributed by atoms with Gasteiger partial charge in [-0.1, -0.05) is 17.7 Å². The van der Waals surface area contributed by atoms with Crippen LogP contribution in [-0.2, 0) is 9.59 Å². The maximum Gasteiger partial charge on any atom is 0.321 e. The molecule has 3 N–H and O–H groups in total. The second-order valence-corrected chi connectivity index (χ2v) is 4.39. The predicted octanol–water partition coefficient (Wildman–Crippen LogP) is 1.07. The Balaban J connectivity index is 2.83. The number of anilines is 1. The lowest BCUT2D eigenvalue weighted by atomic mass is 10.1. The molecule has 1 atom stereocenters. The summed E-state index contributed by atoms with van der Waals surface area (Å²) >= 11 is 0. The molecule has 0 aliphatic rings. The summed E-state index contributed by atoms with van der Waals surface area (Å²) in [7, 11) is 1.62. The summed E-state index contributed by atoms with van der Waals surface area (Å²) in [5.41, 5.74) is 8.19. The van der Waals surface area contributed by atoms with Crippen LogP contribution in [0.15, 0.2) is 18.2 Å². The number of aliphatic carboxylic acids is 1. The molecular weight excluding hydrogens is 232 g/mol. The number of amides is 1. The molecule has 5 heteroatoms. The third-order valence-electron chi connectivity index (χ3n) is 2.80. The zero-order valence-electron chi connectivity index (χ0n) is 10.8. The van der Waals surface area contributed by atoms with E-state index in [-0.39, 0.29) is 12.3 Å². The Kier molecular flexibility index (Phi) is 4.44. The first-order chi connectivity index (χ1) is 8.32. The Morgan fingerprint density at radius 2 is 2.00 bits per heavy atom. The van der Waals surface area contributed by atoms with Gasteiger partial charge in [0, 0.05) is 12.7 Å². The largest absolute Gasteiger partial charge is 0.480 e. The Bertz CT molecular complexity index is 471. The van der Waals surface area contributed by atoms with Gasteiger partial charge in [-0.2, -0.15) is 0 Å². The Hall–Kier alpha value is -1.88. The molecule has 18 heavy (non-hydrogen) atoms. The topological polar surface area (TPSA) is 83.6 Å². The fourth-order valence-electron chi connectivity index (χ4n) is 1.73. The molecule has 0 saturated heterocycles. The molecule has 0 spiro atoms. The first-order valence-corrected chi connectivity index (χ1v) is 5.65. The van der Waals surface area contributed by atoms with Crippen molar-refractivity contribution >= 4 is 17.6 Å². The fraction of sp³-hybridized carbons (Fsp3) is 0.385. The number of hydrogen-bond donors (Lipinski definition) is 2. The smallest absolute Gasteiger partial charge is 0.321 e. The molecule has 98 valence electrons. The number of carbonyl (C=O) groups excluding carboxylic acids is 1. The van der Waals surface area contributed by atoms with Crippen molar-refractivity contribution in [1.82, 2.24) is 0 Å². The summed E-state index contributed by atoms with van der Waals surface area (Å²) in [6, 6.07) is 4.56. The minimum absolute atomic E-state index is 0.209. The van der Waals surface area contributed by atoms with Crippen LogP contribution in [0.4, 0.5) is 5.69 Å². The average molecular weight is 250 g/mol. The number of benzene rings is 1. The molecule has 0 heterocycles. The van der Waals surface area contributed by atoms with Gasteiger partial charge in [-0.3, -0.25) is 9.59 Å². The van der Waals surface area contributed by atoms with Crippen LogP contribution >= 0.6 is 0 Å². The Morgan fingerprint density at radius 1 is 1.39 bits per heavy atom. The van der Waals surface area contributed by atoms with Gasteiger partial charge in [-0.25, -0.2) is 0 Å². The van der Waals surface area contributed by atoms with Crippen LogP contribution in [0.1, 0.15) is 17.5 Å². The lowest BCUT2D eigenvalue weighted by Gasteiger charge is -2.20. The Morgan fingerprint density at radius 3 is 2.50 bits per heavy atom. The molecule has 0 bridgehead atoms. The van der Waals surface area contributed by atoms with E-state index in [1.165, 1.54) is 4.90 Å². The van der Waals surface area contributed by atoms with Crippen LogP contribution in [0.2, 0.25) is 0 Å². The molecule has 0 saturated carbocycles. The van der Waals surface area contributed by atoms with Gasteiger partial charge in [0.25, 0.3) is 0 Å². The lowest BCUT2D eigenvalue weighted by Crippen LogP contribution is -2.38. The maximum atomic E-state index is 11.9. The van der Waals surface area contributed by atoms with Gasteiger partial charge < -0.3 is 15.7 Å². The van der Waals surface area contributed by atoms with Crippen molar-refractivity contribution in [1.29, 1.82) is 0 Å². The summed E-state index contributed by atoms with van der Waals surface area (Å²) in [4.78, 5) is 23.9. The monoisotopic (exact) mass is 250 g/mol. The summed E-state index contributed by atoms with van der Waals surface area (Å²) in [5, 5.41) is 8.68. The number of aryl methyl sites for hydroxylation is 2. The average Bonchev–Trinajstić information content (AvgIpc) is 2.27. The van der Waals surface area contributed by atoms with Crippen LogP contribution < -0.4 is 10.6 Å². The van der Waals surface area contributed by atoms with Crippen LogP contribution in [0, 0.1) is 13.8 Å². The second kappa shape index (κ2) is 5.64. The van der Waals surface area contributed by atoms with Crippen molar-refractivity contribution < 1.29 is 14.7 Å². The number of carbonyl (C=O) groups is 2. The highest BCUT2D eigenvalue weighted by molar-refractivity contribution is 5.96. The minimum Gasteiger partial charge on any atom is -0.480 e. The first-order valence-electron chi connectivity index (χ1n) is 5.65. The van der Waals surface area contributed by atoms with Crippen LogP contribution in [-0.4, -0.2) is 30.1 Å². The van der Waals surface area contributed by atoms with Crippen molar-refractivity contribution in [2.24, 2.45) is 5.73 Å². The second-order valence-electron chi connectivity index (χ2n) is 4.39. The summed E-state index contributed by atoms with van der Waals surface area (Å²) in [6.07, 6.45) is -0.209. The van der Waals surface area contributed by atoms with Crippen molar-refractivity contribution in [3.8, 4) is 0 Å². The summed E-state index contributed by atoms with van der Waals surface area (Å²) in [6.45, 7) is 3.88. The number of nitrogens with zero attached hydrogens (tertiary/aromatic N) is 1. The molecule has 0 aliphatic carbocycles. The molecule has 0 aliphatic heterocycles. The molecule has 1 aromatic rings. The van der Waals surface area contributed by atoms with Crippen molar-refractivity contribution in [2.45, 2.75) is 26.3 Å². The van der Waals surface area contributed by atoms with E-state index in [0.29, 0.717) is 0 Å². The van der Waals surface area contributed by atoms with Crippen molar-refractivity contribution in [2.75, 3.05) is 11.9 Å². The first kappa shape index (κ1) is 14.2. The molecule has 1 unspecified atom stereocenters. The Labute approximate surface area is 106 Å². The number of nitrogens with two attached hydrogens (primary N) is 1. The molecule has 0 radical (unpaired) electrons. The third kappa shape index (κ3) is 3.30. The highest BCUT2D eigenvalue weighted by atomic mass is 16.4. The quantitative estimate of drug-likeness (QED) is 0.837. The van der Waals surface area contributed by atoms with Gasteiger partial charge in [-0.15, -0.1) is 0 Å². The molecule has 0 aromatic heterocycles. The SMILES string of the molecule is Cc1ccc(N(C)C(=O)CC(N)C(=O)O)c(C)c1. The van der Waals surface area contributed by atoms with Crippen LogP contribution in [0.3, 0.4) is 0 Å². The normalized spacial score (nSPS) is 12.0. The van der Waals surface area contributed by atoms with E-state index in [4.69, 9.17) is 10.8 Å². The van der Waals surface area contributed by atoms with Crippen molar-refractivity contribution in [3.63, 3.8) is 0 Å². The zero-order chi connectivity index (χ0) is 13.9. The van der Waals surface area contributed by atoms with E-state index < -0.39 is 12.0 Å². The van der Waals surface area contributed by atoms with Gasteiger partial charge >= 0.3 is 5.97 Å². The van der Waals surface area contributed by atoms with Gasteiger partial charge in [0.05, 0.1) is 6.42 Å². The predicted molar refractivity (Wildman–Crippen MR) is 69.6 cm³/mol. The standard InChI is InChI=1S/C13H18N2O3/c1-8-4-5-11(9(2)6-8)15(3)12(16)7-10(14)13(17)18/h4-6,10H,7,14H2,1-3H3,(H,17,18). The number of carboxylic acid groups (broad SMARTS) is 1. The van der Waals surface area contributed by atoms with Gasteiger partial charge in [0.2, 0.25) is 5.91 Å². The van der Waals surface area contributed by atoms with E-state index in [9.17, 15) is 9.59 Å². The van der Waals surface area contributed by atoms with E-state index in [1.807, 2.05) is 32.0 Å².